The summed E-state index contributed by atoms with van der Waals surface area (Å²) in [6.45, 7) is 0. The molecule has 2 aromatic heterocycles. The Morgan fingerprint density at radius 2 is 0.733 bits per heavy atom. The molecule has 12 aromatic carbocycles. The van der Waals surface area contributed by atoms with Crippen molar-refractivity contribution in [3.05, 3.63) is 291 Å². The Balaban J connectivity index is 0.986. The molecule has 0 bridgehead atoms. The van der Waals surface area contributed by atoms with Crippen LogP contribution >= 0.6 is 0 Å². The standard InChI is InChI=1S/C70H48N4O/c1-6-22-53(23-7-1)71(54-24-8-2-9-25-54)61-43-52(44-62(46-61)73(56-28-12-4-13-29-56)58-36-34-49-20-16-17-21-50(49)42-58)51-35-40-67-65(45-51)63-39-37-60(48-68(63)74(67)57-30-14-5-15-31-57)72(55-26-10-3-11-27-55)59-38-41-70-66(47-59)64-32-18-19-33-69(64)75-70/h1-48H. The second-order valence-electron chi connectivity index (χ2n) is 19.0. The van der Waals surface area contributed by atoms with Crippen molar-refractivity contribution in [2.45, 2.75) is 0 Å². The lowest BCUT2D eigenvalue weighted by Crippen LogP contribution is -2.13. The highest BCUT2D eigenvalue weighted by Crippen LogP contribution is 2.46. The topological polar surface area (TPSA) is 27.8 Å². The monoisotopic (exact) mass is 960 g/mol. The Labute approximate surface area is 435 Å². The highest BCUT2D eigenvalue weighted by atomic mass is 16.3. The second-order valence-corrected chi connectivity index (χ2v) is 19.0. The summed E-state index contributed by atoms with van der Waals surface area (Å²) in [5.74, 6) is 0. The van der Waals surface area contributed by atoms with E-state index in [4.69, 9.17) is 4.42 Å². The molecule has 14 rings (SSSR count). The van der Waals surface area contributed by atoms with Gasteiger partial charge in [-0.3, -0.25) is 0 Å². The second kappa shape index (κ2) is 18.5. The van der Waals surface area contributed by atoms with Gasteiger partial charge in [0.05, 0.1) is 11.0 Å². The van der Waals surface area contributed by atoms with Gasteiger partial charge in [-0.1, -0.05) is 152 Å². The van der Waals surface area contributed by atoms with Gasteiger partial charge in [-0.15, -0.1) is 0 Å². The van der Waals surface area contributed by atoms with Gasteiger partial charge in [-0.05, 0) is 161 Å². The third-order valence-corrected chi connectivity index (χ3v) is 14.4. The van der Waals surface area contributed by atoms with Crippen LogP contribution in [0.3, 0.4) is 0 Å². The van der Waals surface area contributed by atoms with Crippen LogP contribution in [0.5, 0.6) is 0 Å². The van der Waals surface area contributed by atoms with E-state index in [1.807, 2.05) is 12.1 Å². The Kier molecular flexibility index (Phi) is 10.8. The number of hydrogen-bond acceptors (Lipinski definition) is 4. The number of hydrogen-bond donors (Lipinski definition) is 0. The van der Waals surface area contributed by atoms with Gasteiger partial charge in [0.25, 0.3) is 0 Å². The first-order valence-corrected chi connectivity index (χ1v) is 25.5. The molecule has 2 heterocycles. The summed E-state index contributed by atoms with van der Waals surface area (Å²) in [4.78, 5) is 7.11. The zero-order valence-corrected chi connectivity index (χ0v) is 40.9. The van der Waals surface area contributed by atoms with E-state index < -0.39 is 0 Å². The smallest absolute Gasteiger partial charge is 0.135 e. The minimum Gasteiger partial charge on any atom is -0.456 e. The van der Waals surface area contributed by atoms with Gasteiger partial charge in [0.1, 0.15) is 11.2 Å². The zero-order valence-electron chi connectivity index (χ0n) is 40.9. The predicted molar refractivity (Wildman–Crippen MR) is 315 cm³/mol. The van der Waals surface area contributed by atoms with Crippen LogP contribution in [0.4, 0.5) is 51.2 Å². The molecule has 0 aliphatic heterocycles. The molecule has 354 valence electrons. The predicted octanol–water partition coefficient (Wildman–Crippen LogP) is 19.9. The highest BCUT2D eigenvalue weighted by molar-refractivity contribution is 6.12. The molecule has 5 heteroatoms. The number of anilines is 9. The van der Waals surface area contributed by atoms with E-state index in [1.54, 1.807) is 0 Å². The number of benzene rings is 12. The molecule has 14 aromatic rings. The molecule has 0 unspecified atom stereocenters. The fraction of sp³-hybridized carbons (Fsp3) is 0. The summed E-state index contributed by atoms with van der Waals surface area (Å²) in [7, 11) is 0. The molecule has 0 aliphatic rings. The third kappa shape index (κ3) is 7.91. The molecule has 0 saturated heterocycles. The molecule has 0 atom stereocenters. The van der Waals surface area contributed by atoms with Crippen molar-refractivity contribution in [1.29, 1.82) is 0 Å². The van der Waals surface area contributed by atoms with Crippen LogP contribution in [-0.2, 0) is 0 Å². The summed E-state index contributed by atoms with van der Waals surface area (Å²) in [6, 6.07) is 105. The Bertz CT molecular complexity index is 4320. The van der Waals surface area contributed by atoms with Crippen LogP contribution < -0.4 is 14.7 Å². The molecule has 0 saturated carbocycles. The van der Waals surface area contributed by atoms with Crippen molar-refractivity contribution in [3.8, 4) is 16.8 Å². The minimum absolute atomic E-state index is 0.871. The molecule has 0 spiro atoms. The molecule has 0 N–H and O–H groups in total. The van der Waals surface area contributed by atoms with Gasteiger partial charge in [-0.2, -0.15) is 0 Å². The first kappa shape index (κ1) is 43.7. The van der Waals surface area contributed by atoms with E-state index in [9.17, 15) is 0 Å². The summed E-state index contributed by atoms with van der Waals surface area (Å²) < 4.78 is 8.72. The van der Waals surface area contributed by atoms with E-state index in [0.29, 0.717) is 0 Å². The SMILES string of the molecule is c1ccc(N(c2ccccc2)c2cc(-c3ccc4c(c3)c3ccc(N(c5ccccc5)c5ccc6oc7ccccc7c6c5)cc3n4-c3ccccc3)cc(N(c3ccccc3)c3ccc4ccccc4c3)c2)cc1. The molecule has 75 heavy (non-hydrogen) atoms. The molecule has 0 amide bonds. The van der Waals surface area contributed by atoms with Crippen molar-refractivity contribution >= 4 is 106 Å². The highest BCUT2D eigenvalue weighted by Gasteiger charge is 2.23. The van der Waals surface area contributed by atoms with Crippen LogP contribution in [0.15, 0.2) is 296 Å². The summed E-state index contributed by atoms with van der Waals surface area (Å²) in [6.07, 6.45) is 0. The van der Waals surface area contributed by atoms with Crippen molar-refractivity contribution in [3.63, 3.8) is 0 Å². The summed E-state index contributed by atoms with van der Waals surface area (Å²) in [5, 5.41) is 6.91. The van der Waals surface area contributed by atoms with Gasteiger partial charge < -0.3 is 23.7 Å². The number of aromatic nitrogens is 1. The van der Waals surface area contributed by atoms with E-state index in [-0.39, 0.29) is 0 Å². The van der Waals surface area contributed by atoms with Crippen LogP contribution in [-0.4, -0.2) is 4.57 Å². The van der Waals surface area contributed by atoms with E-state index in [2.05, 4.69) is 298 Å². The maximum absolute atomic E-state index is 6.30. The average Bonchev–Trinajstić information content (AvgIpc) is 4.03. The molecule has 0 radical (unpaired) electrons. The molecular weight excluding hydrogens is 913 g/mol. The number of para-hydroxylation sites is 6. The Morgan fingerprint density at radius 3 is 1.39 bits per heavy atom. The van der Waals surface area contributed by atoms with Crippen molar-refractivity contribution in [2.75, 3.05) is 14.7 Å². The number of rotatable bonds is 11. The van der Waals surface area contributed by atoms with Crippen LogP contribution in [0.1, 0.15) is 0 Å². The first-order valence-electron chi connectivity index (χ1n) is 25.5. The lowest BCUT2D eigenvalue weighted by atomic mass is 9.99. The van der Waals surface area contributed by atoms with Gasteiger partial charge >= 0.3 is 0 Å². The largest absolute Gasteiger partial charge is 0.456 e. The third-order valence-electron chi connectivity index (χ3n) is 14.4. The normalized spacial score (nSPS) is 11.5. The van der Waals surface area contributed by atoms with Crippen LogP contribution in [0, 0.1) is 0 Å². The zero-order chi connectivity index (χ0) is 49.7. The molecular formula is C70H48N4O. The minimum atomic E-state index is 0.871. The fourth-order valence-electron chi connectivity index (χ4n) is 11.0. The van der Waals surface area contributed by atoms with Gasteiger partial charge in [-0.25, -0.2) is 0 Å². The lowest BCUT2D eigenvalue weighted by Gasteiger charge is -2.30. The van der Waals surface area contributed by atoms with Gasteiger partial charge in [0.15, 0.2) is 0 Å². The van der Waals surface area contributed by atoms with E-state index >= 15 is 0 Å². The number of furan rings is 1. The molecule has 0 fully saturated rings. The van der Waals surface area contributed by atoms with E-state index in [1.165, 1.54) is 16.2 Å². The van der Waals surface area contributed by atoms with Crippen LogP contribution in [0.2, 0.25) is 0 Å². The Hall–Kier alpha value is -10.1. The molecule has 5 nitrogen and oxygen atoms in total. The molecule has 0 aliphatic carbocycles. The maximum atomic E-state index is 6.30. The average molecular weight is 961 g/mol. The number of fused-ring (bicyclic) bond motifs is 7. The summed E-state index contributed by atoms with van der Waals surface area (Å²) in [5.41, 5.74) is 16.8. The van der Waals surface area contributed by atoms with Gasteiger partial charge in [0, 0.05) is 78.4 Å². The first-order chi connectivity index (χ1) is 37.2. The van der Waals surface area contributed by atoms with Crippen molar-refractivity contribution in [2.24, 2.45) is 0 Å². The fourth-order valence-corrected chi connectivity index (χ4v) is 11.0. The van der Waals surface area contributed by atoms with Crippen molar-refractivity contribution < 1.29 is 4.42 Å². The Morgan fingerprint density at radius 1 is 0.240 bits per heavy atom. The lowest BCUT2D eigenvalue weighted by molar-refractivity contribution is 0.669. The van der Waals surface area contributed by atoms with Crippen LogP contribution in [0.25, 0.3) is 71.3 Å². The number of nitrogens with zero attached hydrogens (tertiary/aromatic N) is 4. The quantitative estimate of drug-likeness (QED) is 0.129. The van der Waals surface area contributed by atoms with Gasteiger partial charge in [0.2, 0.25) is 0 Å². The maximum Gasteiger partial charge on any atom is 0.135 e. The van der Waals surface area contributed by atoms with E-state index in [0.717, 1.165) is 106 Å². The summed E-state index contributed by atoms with van der Waals surface area (Å²) >= 11 is 0. The van der Waals surface area contributed by atoms with Crippen molar-refractivity contribution in [1.82, 2.24) is 4.57 Å².